The highest BCUT2D eigenvalue weighted by molar-refractivity contribution is 6.31. The van der Waals surface area contributed by atoms with Crippen LogP contribution in [0.4, 0.5) is 0 Å². The molecular formula is C14H18ClNO2. The summed E-state index contributed by atoms with van der Waals surface area (Å²) in [6.45, 7) is 3.96. The summed E-state index contributed by atoms with van der Waals surface area (Å²) in [6, 6.07) is 7.04. The average Bonchev–Trinajstić information content (AvgIpc) is 2.34. The Balaban J connectivity index is 1.96. The summed E-state index contributed by atoms with van der Waals surface area (Å²) >= 11 is 5.88. The molecule has 0 amide bonds. The highest BCUT2D eigenvalue weighted by Crippen LogP contribution is 2.17. The van der Waals surface area contributed by atoms with E-state index >= 15 is 0 Å². The van der Waals surface area contributed by atoms with Gasteiger partial charge in [0, 0.05) is 23.7 Å². The Kier molecular flexibility index (Phi) is 4.38. The lowest BCUT2D eigenvalue weighted by atomic mass is 9.96. The van der Waals surface area contributed by atoms with Gasteiger partial charge in [0.05, 0.1) is 12.6 Å². The van der Waals surface area contributed by atoms with Crippen molar-refractivity contribution in [1.29, 1.82) is 0 Å². The Morgan fingerprint density at radius 3 is 3.00 bits per heavy atom. The molecule has 1 aromatic rings. The van der Waals surface area contributed by atoms with Crippen molar-refractivity contribution in [2.24, 2.45) is 5.92 Å². The molecule has 2 atom stereocenters. The Morgan fingerprint density at radius 1 is 1.56 bits per heavy atom. The van der Waals surface area contributed by atoms with Crippen molar-refractivity contribution in [3.63, 3.8) is 0 Å². The van der Waals surface area contributed by atoms with Crippen LogP contribution in [0.15, 0.2) is 24.3 Å². The minimum Gasteiger partial charge on any atom is -0.393 e. The van der Waals surface area contributed by atoms with E-state index in [0.29, 0.717) is 17.1 Å². The van der Waals surface area contributed by atoms with Crippen LogP contribution in [0, 0.1) is 5.92 Å². The fourth-order valence-corrected chi connectivity index (χ4v) is 2.51. The summed E-state index contributed by atoms with van der Waals surface area (Å²) in [5.74, 6) is 0.312. The Bertz CT molecular complexity index is 436. The number of hydrogen-bond donors (Lipinski definition) is 1. The van der Waals surface area contributed by atoms with Gasteiger partial charge < -0.3 is 5.11 Å². The van der Waals surface area contributed by atoms with Gasteiger partial charge in [-0.2, -0.15) is 0 Å². The van der Waals surface area contributed by atoms with Gasteiger partial charge in [-0.05, 0) is 24.5 Å². The predicted octanol–water partition coefficient (Wildman–Crippen LogP) is 2.23. The molecule has 2 unspecified atom stereocenters. The molecule has 0 bridgehead atoms. The largest absolute Gasteiger partial charge is 0.393 e. The fraction of sp³-hybridized carbons (Fsp3) is 0.500. The zero-order chi connectivity index (χ0) is 13.1. The van der Waals surface area contributed by atoms with Crippen molar-refractivity contribution >= 4 is 17.4 Å². The molecule has 1 aliphatic heterocycles. The Morgan fingerprint density at radius 2 is 2.33 bits per heavy atom. The molecule has 1 N–H and O–H groups in total. The third-order valence-electron chi connectivity index (χ3n) is 3.46. The zero-order valence-electron chi connectivity index (χ0n) is 10.5. The first-order valence-electron chi connectivity index (χ1n) is 6.25. The molecule has 0 radical (unpaired) electrons. The number of carbonyl (C=O) groups excluding carboxylic acids is 1. The van der Waals surface area contributed by atoms with Crippen LogP contribution in [-0.2, 0) is 0 Å². The molecule has 0 aliphatic carbocycles. The van der Waals surface area contributed by atoms with E-state index in [9.17, 15) is 9.90 Å². The molecule has 0 spiro atoms. The second kappa shape index (κ2) is 5.83. The number of nitrogens with zero attached hydrogens (tertiary/aromatic N) is 1. The van der Waals surface area contributed by atoms with E-state index in [-0.39, 0.29) is 17.8 Å². The standard InChI is InChI=1S/C14H18ClNO2/c1-10-8-16(6-5-13(10)17)9-14(18)11-3-2-4-12(15)7-11/h2-4,7,10,13,17H,5-6,8-9H2,1H3. The average molecular weight is 268 g/mol. The molecule has 1 aromatic carbocycles. The number of benzene rings is 1. The first kappa shape index (κ1) is 13.5. The molecule has 0 aromatic heterocycles. The van der Waals surface area contributed by atoms with Gasteiger partial charge >= 0.3 is 0 Å². The summed E-state index contributed by atoms with van der Waals surface area (Å²) in [4.78, 5) is 14.2. The number of likely N-dealkylation sites (tertiary alicyclic amines) is 1. The lowest BCUT2D eigenvalue weighted by Gasteiger charge is -2.33. The molecule has 98 valence electrons. The molecule has 2 rings (SSSR count). The number of aliphatic hydroxyl groups excluding tert-OH is 1. The van der Waals surface area contributed by atoms with Crippen molar-refractivity contribution < 1.29 is 9.90 Å². The first-order chi connectivity index (χ1) is 8.56. The number of hydrogen-bond acceptors (Lipinski definition) is 3. The van der Waals surface area contributed by atoms with E-state index in [1.807, 2.05) is 6.92 Å². The third-order valence-corrected chi connectivity index (χ3v) is 3.69. The third kappa shape index (κ3) is 3.31. The van der Waals surface area contributed by atoms with Gasteiger partial charge in [-0.3, -0.25) is 9.69 Å². The smallest absolute Gasteiger partial charge is 0.176 e. The van der Waals surface area contributed by atoms with Gasteiger partial charge in [-0.25, -0.2) is 0 Å². The molecule has 4 heteroatoms. The lowest BCUT2D eigenvalue weighted by Crippen LogP contribution is -2.44. The molecule has 18 heavy (non-hydrogen) atoms. The minimum absolute atomic E-state index is 0.0843. The van der Waals surface area contributed by atoms with Gasteiger partial charge in [0.15, 0.2) is 5.78 Å². The molecule has 1 saturated heterocycles. The minimum atomic E-state index is -0.234. The van der Waals surface area contributed by atoms with Crippen LogP contribution in [0.3, 0.4) is 0 Å². The number of halogens is 1. The summed E-state index contributed by atoms with van der Waals surface area (Å²) in [5, 5.41) is 10.2. The van der Waals surface area contributed by atoms with Gasteiger partial charge in [0.25, 0.3) is 0 Å². The van der Waals surface area contributed by atoms with Crippen molar-refractivity contribution in [2.75, 3.05) is 19.6 Å². The highest BCUT2D eigenvalue weighted by Gasteiger charge is 2.25. The Hall–Kier alpha value is -0.900. The van der Waals surface area contributed by atoms with Gasteiger partial charge in [-0.15, -0.1) is 0 Å². The van der Waals surface area contributed by atoms with Crippen LogP contribution < -0.4 is 0 Å². The number of carbonyl (C=O) groups is 1. The molecular weight excluding hydrogens is 250 g/mol. The van der Waals surface area contributed by atoms with Crippen LogP contribution in [-0.4, -0.2) is 41.5 Å². The van der Waals surface area contributed by atoms with Crippen LogP contribution in [0.2, 0.25) is 5.02 Å². The summed E-state index contributed by atoms with van der Waals surface area (Å²) in [5.41, 5.74) is 0.654. The van der Waals surface area contributed by atoms with Crippen molar-refractivity contribution in [2.45, 2.75) is 19.4 Å². The van der Waals surface area contributed by atoms with E-state index in [0.717, 1.165) is 19.5 Å². The van der Waals surface area contributed by atoms with E-state index in [1.54, 1.807) is 24.3 Å². The summed E-state index contributed by atoms with van der Waals surface area (Å²) < 4.78 is 0. The van der Waals surface area contributed by atoms with Gasteiger partial charge in [0.1, 0.15) is 0 Å². The fourth-order valence-electron chi connectivity index (χ4n) is 2.32. The molecule has 1 heterocycles. The van der Waals surface area contributed by atoms with Crippen molar-refractivity contribution in [1.82, 2.24) is 4.90 Å². The lowest BCUT2D eigenvalue weighted by molar-refractivity contribution is 0.0344. The maximum Gasteiger partial charge on any atom is 0.176 e. The number of Topliss-reactive ketones (excluding diaryl/α,β-unsaturated/α-hetero) is 1. The summed E-state index contributed by atoms with van der Waals surface area (Å²) in [6.07, 6.45) is 0.506. The molecule has 1 fully saturated rings. The predicted molar refractivity (Wildman–Crippen MR) is 72.0 cm³/mol. The van der Waals surface area contributed by atoms with E-state index in [4.69, 9.17) is 11.6 Å². The first-order valence-corrected chi connectivity index (χ1v) is 6.63. The number of ketones is 1. The normalized spacial score (nSPS) is 25.1. The van der Waals surface area contributed by atoms with Crippen LogP contribution in [0.1, 0.15) is 23.7 Å². The van der Waals surface area contributed by atoms with Crippen LogP contribution in [0.5, 0.6) is 0 Å². The quantitative estimate of drug-likeness (QED) is 0.854. The highest BCUT2D eigenvalue weighted by atomic mass is 35.5. The molecule has 0 saturated carbocycles. The van der Waals surface area contributed by atoms with Crippen LogP contribution >= 0.6 is 11.6 Å². The van der Waals surface area contributed by atoms with Gasteiger partial charge in [-0.1, -0.05) is 30.7 Å². The molecule has 3 nitrogen and oxygen atoms in total. The van der Waals surface area contributed by atoms with E-state index in [2.05, 4.69) is 4.90 Å². The van der Waals surface area contributed by atoms with Gasteiger partial charge in [0.2, 0.25) is 0 Å². The monoisotopic (exact) mass is 267 g/mol. The van der Waals surface area contributed by atoms with Crippen molar-refractivity contribution in [3.05, 3.63) is 34.9 Å². The number of aliphatic hydroxyl groups is 1. The van der Waals surface area contributed by atoms with Crippen molar-refractivity contribution in [3.8, 4) is 0 Å². The SMILES string of the molecule is CC1CN(CC(=O)c2cccc(Cl)c2)CCC1O. The number of piperidine rings is 1. The maximum absolute atomic E-state index is 12.1. The topological polar surface area (TPSA) is 40.5 Å². The Labute approximate surface area is 112 Å². The van der Waals surface area contributed by atoms with Crippen LogP contribution in [0.25, 0.3) is 0 Å². The summed E-state index contributed by atoms with van der Waals surface area (Å²) in [7, 11) is 0. The molecule has 1 aliphatic rings. The zero-order valence-corrected chi connectivity index (χ0v) is 11.2. The second-order valence-corrected chi connectivity index (χ2v) is 5.44. The maximum atomic E-state index is 12.1. The second-order valence-electron chi connectivity index (χ2n) is 5.00. The van der Waals surface area contributed by atoms with E-state index in [1.165, 1.54) is 0 Å². The van der Waals surface area contributed by atoms with E-state index < -0.39 is 0 Å². The number of rotatable bonds is 3.